The van der Waals surface area contributed by atoms with Gasteiger partial charge in [0.05, 0.1) is 34.1 Å². The van der Waals surface area contributed by atoms with Gasteiger partial charge in [-0.3, -0.25) is 9.67 Å². The lowest BCUT2D eigenvalue weighted by molar-refractivity contribution is 0.488. The smallest absolute Gasteiger partial charge is 0.136 e. The van der Waals surface area contributed by atoms with Crippen LogP contribution in [0.4, 0.5) is 5.69 Å². The van der Waals surface area contributed by atoms with Crippen LogP contribution in [0.2, 0.25) is 0 Å². The number of aryl methyl sites for hydroxylation is 1. The fraction of sp³-hybridized carbons (Fsp3) is 0.100. The van der Waals surface area contributed by atoms with Crippen molar-refractivity contribution in [3.05, 3.63) is 77.2 Å². The van der Waals surface area contributed by atoms with E-state index in [1.54, 1.807) is 12.4 Å². The molecule has 0 aliphatic carbocycles. The molecule has 1 N–H and O–H groups in total. The fourth-order valence-electron chi connectivity index (χ4n) is 2.81. The number of nitrogens with one attached hydrogen (secondary N) is 1. The van der Waals surface area contributed by atoms with Gasteiger partial charge in [-0.15, -0.1) is 0 Å². The zero-order valence-electron chi connectivity index (χ0n) is 14.2. The van der Waals surface area contributed by atoms with E-state index in [1.807, 2.05) is 66.3 Å². The predicted molar refractivity (Wildman–Crippen MR) is 106 cm³/mol. The van der Waals surface area contributed by atoms with Gasteiger partial charge >= 0.3 is 0 Å². The van der Waals surface area contributed by atoms with Crippen molar-refractivity contribution in [3.63, 3.8) is 0 Å². The number of ether oxygens (including phenoxy) is 1. The largest absolute Gasteiger partial charge is 0.457 e. The lowest BCUT2D eigenvalue weighted by Gasteiger charge is -2.13. The number of fused-ring (bicyclic) bond motifs is 1. The number of benzene rings is 2. The summed E-state index contributed by atoms with van der Waals surface area (Å²) in [5.74, 6) is 1.59. The first-order chi connectivity index (χ1) is 12.7. The van der Waals surface area contributed by atoms with Crippen LogP contribution in [0.25, 0.3) is 10.9 Å². The van der Waals surface area contributed by atoms with Crippen LogP contribution in [0.3, 0.4) is 0 Å². The van der Waals surface area contributed by atoms with E-state index in [9.17, 15) is 0 Å². The molecule has 0 unspecified atom stereocenters. The van der Waals surface area contributed by atoms with E-state index in [1.165, 1.54) is 0 Å². The van der Waals surface area contributed by atoms with Gasteiger partial charge in [-0.25, -0.2) is 0 Å². The number of anilines is 1. The van der Waals surface area contributed by atoms with E-state index < -0.39 is 0 Å². The minimum atomic E-state index is 0.641. The molecular formula is C20H17BrN4O. The van der Waals surface area contributed by atoms with Crippen molar-refractivity contribution in [2.45, 2.75) is 6.54 Å². The van der Waals surface area contributed by atoms with E-state index in [0.29, 0.717) is 6.54 Å². The van der Waals surface area contributed by atoms with Crippen molar-refractivity contribution >= 4 is 32.5 Å². The summed E-state index contributed by atoms with van der Waals surface area (Å²) < 4.78 is 8.87. The molecule has 2 aromatic heterocycles. The Morgan fingerprint density at radius 2 is 1.92 bits per heavy atom. The summed E-state index contributed by atoms with van der Waals surface area (Å²) in [6.45, 7) is 0.641. The monoisotopic (exact) mass is 408 g/mol. The average Bonchev–Trinajstić information content (AvgIpc) is 3.00. The number of pyridine rings is 1. The normalized spacial score (nSPS) is 10.8. The van der Waals surface area contributed by atoms with E-state index in [0.717, 1.165) is 38.3 Å². The lowest BCUT2D eigenvalue weighted by atomic mass is 10.1. The first-order valence-electron chi connectivity index (χ1n) is 8.23. The molecule has 5 nitrogen and oxygen atoms in total. The molecule has 4 aromatic rings. The van der Waals surface area contributed by atoms with Crippen LogP contribution in [0.5, 0.6) is 11.5 Å². The van der Waals surface area contributed by atoms with E-state index >= 15 is 0 Å². The third-order valence-corrected chi connectivity index (χ3v) is 4.82. The second-order valence-corrected chi connectivity index (χ2v) is 6.70. The molecule has 4 rings (SSSR count). The molecule has 2 aromatic carbocycles. The highest BCUT2D eigenvalue weighted by Crippen LogP contribution is 2.33. The zero-order valence-corrected chi connectivity index (χ0v) is 15.8. The zero-order chi connectivity index (χ0) is 17.9. The van der Waals surface area contributed by atoms with Gasteiger partial charge in [0.2, 0.25) is 0 Å². The molecule has 0 atom stereocenters. The SMILES string of the molecule is Cn1ncc(Br)c1CNc1ccc(Oc2ccccc2)c2cccnc12. The Bertz CT molecular complexity index is 1030. The number of aromatic nitrogens is 3. The van der Waals surface area contributed by atoms with Crippen molar-refractivity contribution in [1.29, 1.82) is 0 Å². The van der Waals surface area contributed by atoms with Crippen molar-refractivity contribution < 1.29 is 4.74 Å². The number of hydrogen-bond donors (Lipinski definition) is 1. The summed E-state index contributed by atoms with van der Waals surface area (Å²) in [5, 5.41) is 8.66. The Labute approximate surface area is 159 Å². The van der Waals surface area contributed by atoms with Crippen molar-refractivity contribution in [2.24, 2.45) is 7.05 Å². The highest BCUT2D eigenvalue weighted by molar-refractivity contribution is 9.10. The van der Waals surface area contributed by atoms with E-state index in [-0.39, 0.29) is 0 Å². The molecule has 2 heterocycles. The first kappa shape index (κ1) is 16.6. The van der Waals surface area contributed by atoms with Gasteiger partial charge in [0, 0.05) is 18.6 Å². The van der Waals surface area contributed by atoms with Crippen LogP contribution in [-0.2, 0) is 13.6 Å². The van der Waals surface area contributed by atoms with Gasteiger partial charge in [-0.2, -0.15) is 5.10 Å². The van der Waals surface area contributed by atoms with Crippen LogP contribution in [0.15, 0.2) is 71.5 Å². The van der Waals surface area contributed by atoms with Crippen LogP contribution in [0, 0.1) is 0 Å². The number of rotatable bonds is 5. The molecule has 6 heteroatoms. The van der Waals surface area contributed by atoms with Gasteiger partial charge in [-0.05, 0) is 52.3 Å². The molecular weight excluding hydrogens is 392 g/mol. The molecule has 26 heavy (non-hydrogen) atoms. The molecule has 0 saturated heterocycles. The Balaban J connectivity index is 1.66. The van der Waals surface area contributed by atoms with Crippen molar-refractivity contribution in [2.75, 3.05) is 5.32 Å². The van der Waals surface area contributed by atoms with Crippen molar-refractivity contribution in [3.8, 4) is 11.5 Å². The number of nitrogens with zero attached hydrogens (tertiary/aromatic N) is 3. The second-order valence-electron chi connectivity index (χ2n) is 5.84. The van der Waals surface area contributed by atoms with Gasteiger partial charge in [-0.1, -0.05) is 18.2 Å². The minimum absolute atomic E-state index is 0.641. The van der Waals surface area contributed by atoms with Crippen molar-refractivity contribution in [1.82, 2.24) is 14.8 Å². The average molecular weight is 409 g/mol. The third kappa shape index (κ3) is 3.28. The molecule has 0 amide bonds. The number of para-hydroxylation sites is 1. The summed E-state index contributed by atoms with van der Waals surface area (Å²) in [4.78, 5) is 4.55. The van der Waals surface area contributed by atoms with E-state index in [2.05, 4.69) is 31.3 Å². The lowest BCUT2D eigenvalue weighted by Crippen LogP contribution is -2.06. The van der Waals surface area contributed by atoms with Crippen LogP contribution in [0.1, 0.15) is 5.69 Å². The summed E-state index contributed by atoms with van der Waals surface area (Å²) in [6, 6.07) is 17.7. The summed E-state index contributed by atoms with van der Waals surface area (Å²) in [7, 11) is 1.93. The topological polar surface area (TPSA) is 52.0 Å². The molecule has 0 spiro atoms. The van der Waals surface area contributed by atoms with Gasteiger partial charge in [0.15, 0.2) is 0 Å². The Kier molecular flexibility index (Phi) is 4.58. The van der Waals surface area contributed by atoms with E-state index in [4.69, 9.17) is 4.74 Å². The summed E-state index contributed by atoms with van der Waals surface area (Å²) in [6.07, 6.45) is 3.59. The maximum absolute atomic E-state index is 6.05. The highest BCUT2D eigenvalue weighted by atomic mass is 79.9. The van der Waals surface area contributed by atoms with Gasteiger partial charge < -0.3 is 10.1 Å². The minimum Gasteiger partial charge on any atom is -0.457 e. The number of halogens is 1. The Hall–Kier alpha value is -2.86. The van der Waals surface area contributed by atoms with Crippen LogP contribution >= 0.6 is 15.9 Å². The molecule has 0 bridgehead atoms. The van der Waals surface area contributed by atoms with Crippen LogP contribution < -0.4 is 10.1 Å². The molecule has 0 saturated carbocycles. The standard InChI is InChI=1S/C20H17BrN4O/c1-25-18(16(21)12-24-25)13-23-17-9-10-19(15-8-5-11-22-20(15)17)26-14-6-3-2-4-7-14/h2-12,23H,13H2,1H3. The Morgan fingerprint density at radius 3 is 2.69 bits per heavy atom. The third-order valence-electron chi connectivity index (χ3n) is 4.16. The molecule has 0 fully saturated rings. The fourth-order valence-corrected chi connectivity index (χ4v) is 3.30. The molecule has 130 valence electrons. The Morgan fingerprint density at radius 1 is 1.08 bits per heavy atom. The molecule has 0 aliphatic rings. The maximum atomic E-state index is 6.05. The van der Waals surface area contributed by atoms with Crippen LogP contribution in [-0.4, -0.2) is 14.8 Å². The first-order valence-corrected chi connectivity index (χ1v) is 9.02. The van der Waals surface area contributed by atoms with Gasteiger partial charge in [0.1, 0.15) is 11.5 Å². The second kappa shape index (κ2) is 7.17. The highest BCUT2D eigenvalue weighted by Gasteiger charge is 2.11. The predicted octanol–water partition coefficient (Wildman–Crippen LogP) is 5.14. The maximum Gasteiger partial charge on any atom is 0.136 e. The molecule has 0 aliphatic heterocycles. The quantitative estimate of drug-likeness (QED) is 0.496. The summed E-state index contributed by atoms with van der Waals surface area (Å²) >= 11 is 3.53. The molecule has 0 radical (unpaired) electrons. The summed E-state index contributed by atoms with van der Waals surface area (Å²) in [5.41, 5.74) is 2.90. The number of hydrogen-bond acceptors (Lipinski definition) is 4. The van der Waals surface area contributed by atoms with Gasteiger partial charge in [0.25, 0.3) is 0 Å².